The summed E-state index contributed by atoms with van der Waals surface area (Å²) in [5.41, 5.74) is -0.930. The lowest BCUT2D eigenvalue weighted by molar-refractivity contribution is -0.139. The molecule has 2 heterocycles. The maximum atomic E-state index is 12.9. The highest BCUT2D eigenvalue weighted by Crippen LogP contribution is 2.33. The molecule has 0 aromatic heterocycles. The molecule has 0 spiro atoms. The Morgan fingerprint density at radius 2 is 2.04 bits per heavy atom. The van der Waals surface area contributed by atoms with Crippen LogP contribution in [0.25, 0.3) is 0 Å². The van der Waals surface area contributed by atoms with Gasteiger partial charge in [-0.25, -0.2) is 13.2 Å². The highest BCUT2D eigenvalue weighted by molar-refractivity contribution is 7.91. The van der Waals surface area contributed by atoms with E-state index in [-0.39, 0.29) is 11.5 Å². The maximum absolute atomic E-state index is 12.9. The van der Waals surface area contributed by atoms with E-state index in [2.05, 4.69) is 5.32 Å². The standard InChI is InChI=1S/C17H20ClN3O5S/c1-17(12-5-3-4-6-13(12)18)15(23)21(16(24)19-17)9-14(22)20(2)11-7-8-27(25,26)10-11/h3-6,11H,7-10H2,1-2H3,(H,19,24)/t11-,17-/m0/s1. The quantitative estimate of drug-likeness (QED) is 0.733. The fourth-order valence-electron chi connectivity index (χ4n) is 3.42. The Hall–Kier alpha value is -2.13. The Bertz CT molecular complexity index is 919. The monoisotopic (exact) mass is 413 g/mol. The van der Waals surface area contributed by atoms with Crippen LogP contribution in [0.3, 0.4) is 0 Å². The van der Waals surface area contributed by atoms with Crippen LogP contribution in [0, 0.1) is 0 Å². The second-order valence-electron chi connectivity index (χ2n) is 6.99. The summed E-state index contributed by atoms with van der Waals surface area (Å²) in [6.07, 6.45) is 0.349. The third-order valence-electron chi connectivity index (χ3n) is 5.13. The second-order valence-corrected chi connectivity index (χ2v) is 9.62. The van der Waals surface area contributed by atoms with Gasteiger partial charge < -0.3 is 10.2 Å². The maximum Gasteiger partial charge on any atom is 0.325 e. The van der Waals surface area contributed by atoms with Crippen molar-refractivity contribution in [2.45, 2.75) is 24.9 Å². The fourth-order valence-corrected chi connectivity index (χ4v) is 5.52. The van der Waals surface area contributed by atoms with Gasteiger partial charge in [-0.1, -0.05) is 29.8 Å². The van der Waals surface area contributed by atoms with Gasteiger partial charge in [0.15, 0.2) is 9.84 Å². The number of sulfone groups is 1. The van der Waals surface area contributed by atoms with E-state index < -0.39 is 45.8 Å². The number of likely N-dealkylation sites (N-methyl/N-ethyl adjacent to an activating group) is 1. The van der Waals surface area contributed by atoms with Gasteiger partial charge in [0.25, 0.3) is 5.91 Å². The molecule has 0 radical (unpaired) electrons. The molecule has 2 aliphatic heterocycles. The van der Waals surface area contributed by atoms with Crippen molar-refractivity contribution >= 4 is 39.3 Å². The number of carbonyl (C=O) groups excluding carboxylic acids is 3. The van der Waals surface area contributed by atoms with Gasteiger partial charge in [-0.15, -0.1) is 0 Å². The molecular formula is C17H20ClN3O5S. The summed E-state index contributed by atoms with van der Waals surface area (Å²) in [5, 5.41) is 2.93. The average molecular weight is 414 g/mol. The van der Waals surface area contributed by atoms with Crippen LogP contribution >= 0.6 is 11.6 Å². The summed E-state index contributed by atoms with van der Waals surface area (Å²) in [5.74, 6) is -1.15. The van der Waals surface area contributed by atoms with Crippen molar-refractivity contribution < 1.29 is 22.8 Å². The first kappa shape index (κ1) is 19.6. The van der Waals surface area contributed by atoms with Crippen molar-refractivity contribution in [1.29, 1.82) is 0 Å². The third kappa shape index (κ3) is 3.53. The van der Waals surface area contributed by atoms with Crippen LogP contribution in [0.2, 0.25) is 5.02 Å². The number of urea groups is 1. The number of halogens is 1. The fraction of sp³-hybridized carbons (Fsp3) is 0.471. The van der Waals surface area contributed by atoms with Crippen LogP contribution in [0.1, 0.15) is 18.9 Å². The molecule has 146 valence electrons. The van der Waals surface area contributed by atoms with Crippen molar-refractivity contribution in [3.8, 4) is 0 Å². The molecule has 10 heteroatoms. The Morgan fingerprint density at radius 1 is 1.37 bits per heavy atom. The lowest BCUT2D eigenvalue weighted by Gasteiger charge is -2.26. The Labute approximate surface area is 162 Å². The predicted octanol–water partition coefficient (Wildman–Crippen LogP) is 0.752. The summed E-state index contributed by atoms with van der Waals surface area (Å²) >= 11 is 6.17. The molecule has 0 aliphatic carbocycles. The third-order valence-corrected chi connectivity index (χ3v) is 7.21. The van der Waals surface area contributed by atoms with Gasteiger partial charge >= 0.3 is 6.03 Å². The first-order valence-corrected chi connectivity index (χ1v) is 10.6. The van der Waals surface area contributed by atoms with Crippen LogP contribution < -0.4 is 5.32 Å². The zero-order valence-corrected chi connectivity index (χ0v) is 16.5. The second kappa shape index (κ2) is 6.79. The van der Waals surface area contributed by atoms with E-state index in [1.807, 2.05) is 0 Å². The van der Waals surface area contributed by atoms with Gasteiger partial charge in [-0.05, 0) is 19.4 Å². The Morgan fingerprint density at radius 3 is 2.63 bits per heavy atom. The first-order chi connectivity index (χ1) is 12.5. The molecule has 2 aliphatic rings. The highest BCUT2D eigenvalue weighted by atomic mass is 35.5. The largest absolute Gasteiger partial charge is 0.340 e. The zero-order chi connectivity index (χ0) is 20.0. The predicted molar refractivity (Wildman–Crippen MR) is 98.9 cm³/mol. The molecule has 4 amide bonds. The Kier molecular flexibility index (Phi) is 4.94. The lowest BCUT2D eigenvalue weighted by Crippen LogP contribution is -2.46. The summed E-state index contributed by atoms with van der Waals surface area (Å²) in [6, 6.07) is 5.53. The van der Waals surface area contributed by atoms with Crippen molar-refractivity contribution in [2.24, 2.45) is 0 Å². The van der Waals surface area contributed by atoms with E-state index in [1.165, 1.54) is 18.9 Å². The Balaban J connectivity index is 1.76. The molecule has 1 N–H and O–H groups in total. The molecule has 2 fully saturated rings. The van der Waals surface area contributed by atoms with Gasteiger partial charge in [-0.2, -0.15) is 0 Å². The summed E-state index contributed by atoms with van der Waals surface area (Å²) in [6.45, 7) is 1.07. The van der Waals surface area contributed by atoms with Crippen LogP contribution in [0.5, 0.6) is 0 Å². The zero-order valence-electron chi connectivity index (χ0n) is 14.9. The first-order valence-electron chi connectivity index (χ1n) is 8.40. The number of benzene rings is 1. The number of hydrogen-bond acceptors (Lipinski definition) is 5. The molecule has 0 bridgehead atoms. The highest BCUT2D eigenvalue weighted by Gasteiger charge is 2.50. The van der Waals surface area contributed by atoms with Crippen LogP contribution in [-0.4, -0.2) is 67.2 Å². The van der Waals surface area contributed by atoms with Crippen molar-refractivity contribution in [1.82, 2.24) is 15.1 Å². The van der Waals surface area contributed by atoms with E-state index >= 15 is 0 Å². The summed E-state index contributed by atoms with van der Waals surface area (Å²) in [7, 11) is -1.66. The molecule has 0 saturated carbocycles. The lowest BCUT2D eigenvalue weighted by atomic mass is 9.92. The number of carbonyl (C=O) groups is 3. The molecule has 1 aromatic rings. The number of rotatable bonds is 4. The molecule has 8 nitrogen and oxygen atoms in total. The minimum atomic E-state index is -3.15. The summed E-state index contributed by atoms with van der Waals surface area (Å²) in [4.78, 5) is 39.9. The van der Waals surface area contributed by atoms with Crippen LogP contribution in [-0.2, 0) is 25.0 Å². The van der Waals surface area contributed by atoms with E-state index in [0.29, 0.717) is 17.0 Å². The van der Waals surface area contributed by atoms with Gasteiger partial charge in [0.1, 0.15) is 12.1 Å². The molecule has 0 unspecified atom stereocenters. The van der Waals surface area contributed by atoms with Gasteiger partial charge in [0.2, 0.25) is 5.91 Å². The minimum Gasteiger partial charge on any atom is -0.340 e. The van der Waals surface area contributed by atoms with Gasteiger partial charge in [-0.3, -0.25) is 14.5 Å². The van der Waals surface area contributed by atoms with E-state index in [1.54, 1.807) is 24.3 Å². The molecule has 2 saturated heterocycles. The van der Waals surface area contributed by atoms with Crippen molar-refractivity contribution in [2.75, 3.05) is 25.1 Å². The number of nitrogens with one attached hydrogen (secondary N) is 1. The molecular weight excluding hydrogens is 394 g/mol. The number of amides is 4. The summed E-state index contributed by atoms with van der Waals surface area (Å²) < 4.78 is 23.2. The molecule has 1 aromatic carbocycles. The minimum absolute atomic E-state index is 0.0307. The topological polar surface area (TPSA) is 104 Å². The molecule has 27 heavy (non-hydrogen) atoms. The number of nitrogens with zero attached hydrogens (tertiary/aromatic N) is 2. The number of hydrogen-bond donors (Lipinski definition) is 1. The van der Waals surface area contributed by atoms with E-state index in [0.717, 1.165) is 4.90 Å². The average Bonchev–Trinajstić information content (AvgIpc) is 3.07. The molecule has 3 rings (SSSR count). The van der Waals surface area contributed by atoms with E-state index in [9.17, 15) is 22.8 Å². The number of imide groups is 1. The molecule has 2 atom stereocenters. The normalized spacial score (nSPS) is 26.9. The SMILES string of the molecule is CN(C(=O)CN1C(=O)N[C@@](C)(c2ccccc2Cl)C1=O)[C@H]1CCS(=O)(=O)C1. The van der Waals surface area contributed by atoms with Crippen molar-refractivity contribution in [3.05, 3.63) is 34.9 Å². The van der Waals surface area contributed by atoms with Gasteiger partial charge in [0, 0.05) is 23.7 Å². The van der Waals surface area contributed by atoms with Crippen LogP contribution in [0.15, 0.2) is 24.3 Å². The smallest absolute Gasteiger partial charge is 0.325 e. The van der Waals surface area contributed by atoms with Crippen molar-refractivity contribution in [3.63, 3.8) is 0 Å². The van der Waals surface area contributed by atoms with E-state index in [4.69, 9.17) is 11.6 Å². The van der Waals surface area contributed by atoms with Gasteiger partial charge in [0.05, 0.1) is 11.5 Å². The van der Waals surface area contributed by atoms with Crippen LogP contribution in [0.4, 0.5) is 4.79 Å².